The molecule has 0 N–H and O–H groups in total. The van der Waals surface area contributed by atoms with Crippen LogP contribution in [0.1, 0.15) is 0 Å². The first kappa shape index (κ1) is 14.8. The average molecular weight is 312 g/mol. The molecule has 0 saturated heterocycles. The number of pyridine rings is 1. The van der Waals surface area contributed by atoms with Gasteiger partial charge in [-0.1, -0.05) is 0 Å². The Labute approximate surface area is 130 Å². The lowest BCUT2D eigenvalue weighted by Gasteiger charge is -2.06. The van der Waals surface area contributed by atoms with E-state index in [1.54, 1.807) is 0 Å². The SMILES string of the molecule is O=[N+]([O-])c1ccc(-c2ccc(F)cc2)nc1-c1ccc(F)cc1. The molecule has 0 amide bonds. The second-order valence-electron chi connectivity index (χ2n) is 4.84. The van der Waals surface area contributed by atoms with Crippen LogP contribution in [-0.2, 0) is 0 Å². The van der Waals surface area contributed by atoms with E-state index in [4.69, 9.17) is 0 Å². The second kappa shape index (κ2) is 5.92. The van der Waals surface area contributed by atoms with E-state index in [9.17, 15) is 18.9 Å². The molecule has 1 aromatic heterocycles. The summed E-state index contributed by atoms with van der Waals surface area (Å²) in [6.07, 6.45) is 0. The number of halogens is 2. The van der Waals surface area contributed by atoms with Gasteiger partial charge in [-0.2, -0.15) is 0 Å². The van der Waals surface area contributed by atoms with E-state index in [0.717, 1.165) is 0 Å². The van der Waals surface area contributed by atoms with Crippen molar-refractivity contribution in [3.8, 4) is 22.5 Å². The van der Waals surface area contributed by atoms with Crippen LogP contribution in [0.25, 0.3) is 22.5 Å². The number of hydrogen-bond donors (Lipinski definition) is 0. The second-order valence-corrected chi connectivity index (χ2v) is 4.84. The summed E-state index contributed by atoms with van der Waals surface area (Å²) < 4.78 is 26.1. The van der Waals surface area contributed by atoms with Crippen molar-refractivity contribution in [3.63, 3.8) is 0 Å². The van der Waals surface area contributed by atoms with Gasteiger partial charge in [0.2, 0.25) is 0 Å². The standard InChI is InChI=1S/C17H10F2N2O2/c18-13-5-1-11(2-6-13)15-9-10-16(21(22)23)17(20-15)12-3-7-14(19)8-4-12/h1-10H. The van der Waals surface area contributed by atoms with E-state index in [0.29, 0.717) is 16.8 Å². The van der Waals surface area contributed by atoms with Crippen LogP contribution >= 0.6 is 0 Å². The summed E-state index contributed by atoms with van der Waals surface area (Å²) >= 11 is 0. The minimum absolute atomic E-state index is 0.136. The van der Waals surface area contributed by atoms with Crippen molar-refractivity contribution < 1.29 is 13.7 Å². The molecule has 3 aromatic rings. The molecule has 0 radical (unpaired) electrons. The van der Waals surface area contributed by atoms with Gasteiger partial charge in [-0.3, -0.25) is 10.1 Å². The Hall–Kier alpha value is -3.15. The highest BCUT2D eigenvalue weighted by Crippen LogP contribution is 2.31. The van der Waals surface area contributed by atoms with Gasteiger partial charge < -0.3 is 0 Å². The number of aromatic nitrogens is 1. The number of nitrogens with zero attached hydrogens (tertiary/aromatic N) is 2. The average Bonchev–Trinajstić information content (AvgIpc) is 2.55. The Bertz CT molecular complexity index is 863. The summed E-state index contributed by atoms with van der Waals surface area (Å²) in [4.78, 5) is 15.0. The minimum atomic E-state index is -0.542. The van der Waals surface area contributed by atoms with Crippen molar-refractivity contribution in [3.05, 3.63) is 82.4 Å². The van der Waals surface area contributed by atoms with Crippen molar-refractivity contribution in [1.29, 1.82) is 0 Å². The molecular formula is C17H10F2N2O2. The number of hydrogen-bond acceptors (Lipinski definition) is 3. The largest absolute Gasteiger partial charge is 0.295 e. The van der Waals surface area contributed by atoms with E-state index < -0.39 is 10.7 Å². The molecule has 114 valence electrons. The summed E-state index contributed by atoms with van der Waals surface area (Å²) in [5.74, 6) is -0.819. The van der Waals surface area contributed by atoms with Gasteiger partial charge in [0.05, 0.1) is 10.6 Å². The third-order valence-electron chi connectivity index (χ3n) is 3.33. The molecule has 0 aliphatic rings. The lowest BCUT2D eigenvalue weighted by Crippen LogP contribution is -1.96. The molecule has 2 aromatic carbocycles. The first-order valence-electron chi connectivity index (χ1n) is 6.72. The number of benzene rings is 2. The highest BCUT2D eigenvalue weighted by Gasteiger charge is 2.18. The lowest BCUT2D eigenvalue weighted by atomic mass is 10.1. The van der Waals surface area contributed by atoms with Crippen molar-refractivity contribution in [2.24, 2.45) is 0 Å². The maximum Gasteiger partial charge on any atom is 0.295 e. The molecule has 0 atom stereocenters. The maximum absolute atomic E-state index is 13.1. The van der Waals surface area contributed by atoms with Crippen molar-refractivity contribution in [1.82, 2.24) is 4.98 Å². The third kappa shape index (κ3) is 3.06. The summed E-state index contributed by atoms with van der Waals surface area (Å²) in [7, 11) is 0. The fourth-order valence-corrected chi connectivity index (χ4v) is 2.20. The van der Waals surface area contributed by atoms with Crippen molar-refractivity contribution >= 4 is 5.69 Å². The van der Waals surface area contributed by atoms with Gasteiger partial charge in [-0.25, -0.2) is 13.8 Å². The smallest absolute Gasteiger partial charge is 0.258 e. The Kier molecular flexibility index (Phi) is 3.80. The van der Waals surface area contributed by atoms with Crippen molar-refractivity contribution in [2.75, 3.05) is 0 Å². The molecule has 6 heteroatoms. The van der Waals surface area contributed by atoms with Crippen LogP contribution in [-0.4, -0.2) is 9.91 Å². The Morgan fingerprint density at radius 3 is 1.83 bits per heavy atom. The molecule has 0 saturated carbocycles. The molecule has 0 unspecified atom stereocenters. The molecule has 4 nitrogen and oxygen atoms in total. The fourth-order valence-electron chi connectivity index (χ4n) is 2.20. The molecule has 1 heterocycles. The quantitative estimate of drug-likeness (QED) is 0.524. The predicted octanol–water partition coefficient (Wildman–Crippen LogP) is 4.60. The summed E-state index contributed by atoms with van der Waals surface area (Å²) in [5, 5.41) is 11.2. The van der Waals surface area contributed by atoms with Gasteiger partial charge in [0.25, 0.3) is 5.69 Å². The molecule has 0 spiro atoms. The molecular weight excluding hydrogens is 302 g/mol. The molecule has 0 aliphatic carbocycles. The fraction of sp³-hybridized carbons (Fsp3) is 0. The van der Waals surface area contributed by atoms with Crippen LogP contribution in [0.5, 0.6) is 0 Å². The zero-order valence-electron chi connectivity index (χ0n) is 11.7. The highest BCUT2D eigenvalue weighted by atomic mass is 19.1. The van der Waals surface area contributed by atoms with Gasteiger partial charge in [0.15, 0.2) is 0 Å². The van der Waals surface area contributed by atoms with Crippen LogP contribution < -0.4 is 0 Å². The lowest BCUT2D eigenvalue weighted by molar-refractivity contribution is -0.384. The first-order valence-corrected chi connectivity index (χ1v) is 6.72. The van der Waals surface area contributed by atoms with Crippen molar-refractivity contribution in [2.45, 2.75) is 0 Å². The molecule has 0 aliphatic heterocycles. The van der Waals surface area contributed by atoms with Gasteiger partial charge in [-0.15, -0.1) is 0 Å². The first-order chi connectivity index (χ1) is 11.0. The number of rotatable bonds is 3. The Morgan fingerprint density at radius 2 is 1.30 bits per heavy atom. The van der Waals surface area contributed by atoms with Gasteiger partial charge >= 0.3 is 0 Å². The minimum Gasteiger partial charge on any atom is -0.258 e. The zero-order chi connectivity index (χ0) is 16.4. The van der Waals surface area contributed by atoms with E-state index in [1.165, 1.54) is 60.7 Å². The molecule has 23 heavy (non-hydrogen) atoms. The van der Waals surface area contributed by atoms with Crippen LogP contribution in [0.15, 0.2) is 60.7 Å². The molecule has 0 fully saturated rings. The van der Waals surface area contributed by atoms with E-state index in [-0.39, 0.29) is 17.2 Å². The maximum atomic E-state index is 13.1. The normalized spacial score (nSPS) is 10.5. The van der Waals surface area contributed by atoms with Crippen LogP contribution in [0.4, 0.5) is 14.5 Å². The Morgan fingerprint density at radius 1 is 0.783 bits per heavy atom. The van der Waals surface area contributed by atoms with E-state index in [2.05, 4.69) is 4.98 Å². The summed E-state index contributed by atoms with van der Waals surface area (Å²) in [6, 6.07) is 13.8. The predicted molar refractivity (Wildman–Crippen MR) is 81.7 cm³/mol. The van der Waals surface area contributed by atoms with Gasteiger partial charge in [0.1, 0.15) is 17.3 Å². The van der Waals surface area contributed by atoms with E-state index >= 15 is 0 Å². The summed E-state index contributed by atoms with van der Waals surface area (Å²) in [5.41, 5.74) is 1.49. The van der Waals surface area contributed by atoms with Crippen LogP contribution in [0.2, 0.25) is 0 Å². The molecule has 3 rings (SSSR count). The van der Waals surface area contributed by atoms with Gasteiger partial charge in [0, 0.05) is 17.2 Å². The summed E-state index contributed by atoms with van der Waals surface area (Å²) in [6.45, 7) is 0. The molecule has 0 bridgehead atoms. The van der Waals surface area contributed by atoms with Crippen LogP contribution in [0, 0.1) is 21.7 Å². The van der Waals surface area contributed by atoms with Crippen LogP contribution in [0.3, 0.4) is 0 Å². The van der Waals surface area contributed by atoms with E-state index in [1.807, 2.05) is 0 Å². The Balaban J connectivity index is 2.15. The third-order valence-corrected chi connectivity index (χ3v) is 3.33. The zero-order valence-corrected chi connectivity index (χ0v) is 11.7. The van der Waals surface area contributed by atoms with Gasteiger partial charge in [-0.05, 0) is 54.6 Å². The topological polar surface area (TPSA) is 56.0 Å². The monoisotopic (exact) mass is 312 g/mol. The number of nitro groups is 1. The highest BCUT2D eigenvalue weighted by molar-refractivity contribution is 5.73.